The molecule has 0 bridgehead atoms. The summed E-state index contributed by atoms with van der Waals surface area (Å²) in [6.07, 6.45) is 1.53. The van der Waals surface area contributed by atoms with Gasteiger partial charge in [-0.2, -0.15) is 0 Å². The first-order valence-electron chi connectivity index (χ1n) is 8.51. The molecular weight excluding hydrogens is 340 g/mol. The minimum absolute atomic E-state index is 0.229. The van der Waals surface area contributed by atoms with Crippen LogP contribution in [0.25, 0.3) is 22.4 Å². The molecule has 2 aromatic carbocycles. The number of nitrogens with zero attached hydrogens (tertiary/aromatic N) is 1. The molecule has 0 fully saturated rings. The third-order valence-corrected chi connectivity index (χ3v) is 4.08. The van der Waals surface area contributed by atoms with E-state index in [1.165, 1.54) is 23.5 Å². The van der Waals surface area contributed by atoms with E-state index in [2.05, 4.69) is 36.2 Å². The van der Waals surface area contributed by atoms with E-state index in [1.54, 1.807) is 30.3 Å². The molecule has 0 saturated heterocycles. The Balaban J connectivity index is 0.000000197. The Labute approximate surface area is 157 Å². The zero-order chi connectivity index (χ0) is 19.2. The molecular formula is C22H20N2O3. The number of furan rings is 1. The Bertz CT molecular complexity index is 1040. The van der Waals surface area contributed by atoms with Crippen molar-refractivity contribution in [3.8, 4) is 11.5 Å². The van der Waals surface area contributed by atoms with Crippen molar-refractivity contribution in [2.45, 2.75) is 13.5 Å². The molecule has 0 amide bonds. The van der Waals surface area contributed by atoms with Crippen molar-refractivity contribution < 1.29 is 14.3 Å². The molecule has 27 heavy (non-hydrogen) atoms. The fraction of sp³-hybridized carbons (Fsp3) is 0.0909. The zero-order valence-electron chi connectivity index (χ0n) is 14.9. The number of rotatable bonds is 3. The van der Waals surface area contributed by atoms with Gasteiger partial charge in [0.25, 0.3) is 0 Å². The van der Waals surface area contributed by atoms with E-state index in [-0.39, 0.29) is 5.56 Å². The molecule has 136 valence electrons. The molecule has 2 heterocycles. The number of pyridine rings is 1. The first-order valence-corrected chi connectivity index (χ1v) is 8.51. The molecule has 0 spiro atoms. The number of carbonyl (C=O) groups is 1. The molecule has 0 unspecified atom stereocenters. The Kier molecular flexibility index (Phi) is 5.64. The molecule has 0 aliphatic carbocycles. The first-order chi connectivity index (χ1) is 13.1. The number of hydrogen-bond acceptors (Lipinski definition) is 4. The van der Waals surface area contributed by atoms with E-state index in [1.807, 2.05) is 6.07 Å². The molecule has 5 heteroatoms. The number of para-hydroxylation sites is 1. The normalized spacial score (nSPS) is 10.3. The van der Waals surface area contributed by atoms with Crippen LogP contribution in [0.3, 0.4) is 0 Å². The van der Waals surface area contributed by atoms with Gasteiger partial charge >= 0.3 is 5.97 Å². The maximum Gasteiger partial charge on any atom is 0.336 e. The summed E-state index contributed by atoms with van der Waals surface area (Å²) in [5.74, 6) is -0.412. The summed E-state index contributed by atoms with van der Waals surface area (Å²) in [6.45, 7) is 2.71. The molecule has 4 aromatic rings. The van der Waals surface area contributed by atoms with Gasteiger partial charge < -0.3 is 15.3 Å². The van der Waals surface area contributed by atoms with Gasteiger partial charge in [0.1, 0.15) is 5.69 Å². The van der Waals surface area contributed by atoms with Crippen LogP contribution < -0.4 is 5.73 Å². The fourth-order valence-electron chi connectivity index (χ4n) is 2.63. The molecule has 4 rings (SSSR count). The van der Waals surface area contributed by atoms with Crippen LogP contribution in [0.15, 0.2) is 77.4 Å². The second-order valence-electron chi connectivity index (χ2n) is 6.04. The van der Waals surface area contributed by atoms with Crippen LogP contribution in [0.2, 0.25) is 0 Å². The Hall–Kier alpha value is -3.44. The SMILES string of the molecule is Cc1ccc(CN)cc1.O=C(O)c1cc(-c2ccco2)nc2ccccc12. The quantitative estimate of drug-likeness (QED) is 0.555. The Morgan fingerprint density at radius 1 is 1.07 bits per heavy atom. The van der Waals surface area contributed by atoms with Crippen molar-refractivity contribution >= 4 is 16.9 Å². The highest BCUT2D eigenvalue weighted by Crippen LogP contribution is 2.25. The van der Waals surface area contributed by atoms with Crippen molar-refractivity contribution in [1.82, 2.24) is 4.98 Å². The van der Waals surface area contributed by atoms with Crippen molar-refractivity contribution in [2.75, 3.05) is 0 Å². The van der Waals surface area contributed by atoms with Gasteiger partial charge in [0.15, 0.2) is 5.76 Å². The van der Waals surface area contributed by atoms with E-state index in [0.29, 0.717) is 28.9 Å². The maximum absolute atomic E-state index is 11.3. The van der Waals surface area contributed by atoms with Crippen molar-refractivity contribution in [3.63, 3.8) is 0 Å². The van der Waals surface area contributed by atoms with Gasteiger partial charge in [-0.15, -0.1) is 0 Å². The van der Waals surface area contributed by atoms with Crippen LogP contribution in [0.4, 0.5) is 0 Å². The van der Waals surface area contributed by atoms with E-state index < -0.39 is 5.97 Å². The molecule has 2 aromatic heterocycles. The molecule has 0 aliphatic heterocycles. The van der Waals surface area contributed by atoms with Crippen LogP contribution >= 0.6 is 0 Å². The van der Waals surface area contributed by atoms with E-state index in [0.717, 1.165) is 0 Å². The summed E-state index contributed by atoms with van der Waals surface area (Å²) in [5.41, 5.74) is 9.27. The van der Waals surface area contributed by atoms with Crippen molar-refractivity contribution in [2.24, 2.45) is 5.73 Å². The molecule has 0 aliphatic rings. The highest BCUT2D eigenvalue weighted by atomic mass is 16.4. The van der Waals surface area contributed by atoms with Crippen molar-refractivity contribution in [3.05, 3.63) is 89.7 Å². The molecule has 3 N–H and O–H groups in total. The summed E-state index contributed by atoms with van der Waals surface area (Å²) in [4.78, 5) is 15.7. The summed E-state index contributed by atoms with van der Waals surface area (Å²) >= 11 is 0. The standard InChI is InChI=1S/C14H9NO3.C8H11N/c16-14(17)10-8-12(13-6-3-7-18-13)15-11-5-2-1-4-9(10)11;1-7-2-4-8(6-9)5-3-7/h1-8H,(H,16,17);2-5H,6,9H2,1H3. The van der Waals surface area contributed by atoms with Crippen LogP contribution in [0.1, 0.15) is 21.5 Å². The van der Waals surface area contributed by atoms with Crippen LogP contribution in [0.5, 0.6) is 0 Å². The number of nitrogens with two attached hydrogens (primary N) is 1. The van der Waals surface area contributed by atoms with Gasteiger partial charge in [-0.25, -0.2) is 9.78 Å². The number of fused-ring (bicyclic) bond motifs is 1. The average Bonchev–Trinajstić information content (AvgIpc) is 3.23. The van der Waals surface area contributed by atoms with Gasteiger partial charge in [-0.1, -0.05) is 48.0 Å². The van der Waals surface area contributed by atoms with Crippen LogP contribution in [-0.4, -0.2) is 16.1 Å². The predicted octanol–water partition coefficient (Wildman–Crippen LogP) is 4.65. The van der Waals surface area contributed by atoms with E-state index in [4.69, 9.17) is 10.2 Å². The van der Waals surface area contributed by atoms with Gasteiger partial charge in [-0.05, 0) is 36.8 Å². The van der Waals surface area contributed by atoms with Crippen LogP contribution in [0, 0.1) is 6.92 Å². The monoisotopic (exact) mass is 360 g/mol. The number of carboxylic acids is 1. The van der Waals surface area contributed by atoms with Gasteiger partial charge in [-0.3, -0.25) is 0 Å². The zero-order valence-corrected chi connectivity index (χ0v) is 14.9. The Morgan fingerprint density at radius 2 is 1.81 bits per heavy atom. The minimum atomic E-state index is -0.971. The second kappa shape index (κ2) is 8.29. The topological polar surface area (TPSA) is 89.4 Å². The maximum atomic E-state index is 11.3. The minimum Gasteiger partial charge on any atom is -0.478 e. The highest BCUT2D eigenvalue weighted by Gasteiger charge is 2.13. The number of hydrogen-bond donors (Lipinski definition) is 2. The number of aromatic nitrogens is 1. The van der Waals surface area contributed by atoms with Gasteiger partial charge in [0, 0.05) is 11.9 Å². The third-order valence-electron chi connectivity index (χ3n) is 4.08. The number of aryl methyl sites for hydroxylation is 1. The smallest absolute Gasteiger partial charge is 0.336 e. The number of benzene rings is 2. The highest BCUT2D eigenvalue weighted by molar-refractivity contribution is 6.03. The lowest BCUT2D eigenvalue weighted by molar-refractivity contribution is 0.0699. The first kappa shape index (κ1) is 18.4. The molecule has 0 saturated carbocycles. The number of aromatic carboxylic acids is 1. The van der Waals surface area contributed by atoms with E-state index >= 15 is 0 Å². The summed E-state index contributed by atoms with van der Waals surface area (Å²) < 4.78 is 5.25. The summed E-state index contributed by atoms with van der Waals surface area (Å²) in [7, 11) is 0. The average molecular weight is 360 g/mol. The lowest BCUT2D eigenvalue weighted by Crippen LogP contribution is -1.99. The Morgan fingerprint density at radius 3 is 2.44 bits per heavy atom. The second-order valence-corrected chi connectivity index (χ2v) is 6.04. The predicted molar refractivity (Wildman–Crippen MR) is 105 cm³/mol. The van der Waals surface area contributed by atoms with Crippen LogP contribution in [-0.2, 0) is 6.54 Å². The largest absolute Gasteiger partial charge is 0.478 e. The fourth-order valence-corrected chi connectivity index (χ4v) is 2.63. The molecule has 0 atom stereocenters. The van der Waals surface area contributed by atoms with Gasteiger partial charge in [0.2, 0.25) is 0 Å². The van der Waals surface area contributed by atoms with Crippen molar-refractivity contribution in [1.29, 1.82) is 0 Å². The summed E-state index contributed by atoms with van der Waals surface area (Å²) in [5, 5.41) is 9.87. The summed E-state index contributed by atoms with van der Waals surface area (Å²) in [6, 6.07) is 20.4. The lowest BCUT2D eigenvalue weighted by Gasteiger charge is -2.04. The van der Waals surface area contributed by atoms with E-state index in [9.17, 15) is 9.90 Å². The lowest BCUT2D eigenvalue weighted by atomic mass is 10.1. The van der Waals surface area contributed by atoms with Gasteiger partial charge in [0.05, 0.1) is 17.3 Å². The molecule has 5 nitrogen and oxygen atoms in total. The third kappa shape index (κ3) is 4.40. The molecule has 0 radical (unpaired) electrons. The number of carboxylic acid groups (broad SMARTS) is 1.